The predicted octanol–water partition coefficient (Wildman–Crippen LogP) is 1.28. The minimum atomic E-state index is -1.24. The fourth-order valence-electron chi connectivity index (χ4n) is 0.914. The van der Waals surface area contributed by atoms with Crippen molar-refractivity contribution in [3.63, 3.8) is 0 Å². The van der Waals surface area contributed by atoms with Crippen molar-refractivity contribution in [3.8, 4) is 0 Å². The number of hydrogen-bond donors (Lipinski definition) is 0. The van der Waals surface area contributed by atoms with Gasteiger partial charge in [0.15, 0.2) is 5.76 Å². The monoisotopic (exact) mass is 214 g/mol. The highest BCUT2D eigenvalue weighted by molar-refractivity contribution is 5.78. The second kappa shape index (κ2) is 5.04. The maximum absolute atomic E-state index is 11.2. The van der Waals surface area contributed by atoms with Crippen molar-refractivity contribution in [3.05, 3.63) is 24.2 Å². The maximum atomic E-state index is 11.2. The van der Waals surface area contributed by atoms with Crippen molar-refractivity contribution in [1.82, 2.24) is 0 Å². The van der Waals surface area contributed by atoms with Gasteiger partial charge in [-0.15, -0.1) is 0 Å². The molecule has 1 aromatic rings. The van der Waals surface area contributed by atoms with Crippen molar-refractivity contribution >= 4 is 12.1 Å². The van der Waals surface area contributed by atoms with Gasteiger partial charge in [-0.25, -0.2) is 9.59 Å². The van der Waals surface area contributed by atoms with Gasteiger partial charge in [-0.1, -0.05) is 0 Å². The zero-order chi connectivity index (χ0) is 11.3. The first-order chi connectivity index (χ1) is 7.19. The molecule has 0 saturated carbocycles. The Labute approximate surface area is 85.7 Å². The molecule has 0 fully saturated rings. The molecule has 6 heteroatoms. The van der Waals surface area contributed by atoms with E-state index in [-0.39, 0.29) is 5.76 Å². The average molecular weight is 214 g/mol. The molecule has 0 N–H and O–H groups in total. The summed E-state index contributed by atoms with van der Waals surface area (Å²) in [6.07, 6.45) is -0.870. The molecular weight excluding hydrogens is 204 g/mol. The molecule has 82 valence electrons. The van der Waals surface area contributed by atoms with Gasteiger partial charge in [0.1, 0.15) is 0 Å². The molecule has 0 radical (unpaired) electrons. The molecule has 0 bridgehead atoms. The van der Waals surface area contributed by atoms with Crippen LogP contribution in [0.2, 0.25) is 0 Å². The second-order valence-corrected chi connectivity index (χ2v) is 2.49. The van der Waals surface area contributed by atoms with Crippen LogP contribution in [0.25, 0.3) is 0 Å². The summed E-state index contributed by atoms with van der Waals surface area (Å²) < 4.78 is 18.3. The van der Waals surface area contributed by atoms with Crippen molar-refractivity contribution in [1.29, 1.82) is 0 Å². The Bertz CT molecular complexity index is 328. The summed E-state index contributed by atoms with van der Waals surface area (Å²) in [6, 6.07) is 3.05. The summed E-state index contributed by atoms with van der Waals surface area (Å²) in [6.45, 7) is 0. The third kappa shape index (κ3) is 2.73. The molecule has 1 atom stereocenters. The summed E-state index contributed by atoms with van der Waals surface area (Å²) in [4.78, 5) is 22.1. The summed E-state index contributed by atoms with van der Waals surface area (Å²) in [5.74, 6) is -0.567. The Kier molecular flexibility index (Phi) is 3.73. The van der Waals surface area contributed by atoms with Gasteiger partial charge in [0, 0.05) is 0 Å². The zero-order valence-corrected chi connectivity index (χ0v) is 8.26. The van der Waals surface area contributed by atoms with Crippen LogP contribution in [0.1, 0.15) is 11.9 Å². The van der Waals surface area contributed by atoms with E-state index in [1.807, 2.05) is 0 Å². The molecule has 0 aliphatic carbocycles. The SMILES string of the molecule is COC(=O)O[C@H](C(=O)OC)c1ccco1. The normalized spacial score (nSPS) is 11.6. The van der Waals surface area contributed by atoms with Gasteiger partial charge in [-0.2, -0.15) is 0 Å². The molecule has 6 nitrogen and oxygen atoms in total. The first kappa shape index (κ1) is 11.1. The number of carbonyl (C=O) groups excluding carboxylic acids is 2. The highest BCUT2D eigenvalue weighted by Crippen LogP contribution is 2.19. The minimum absolute atomic E-state index is 0.173. The Balaban J connectivity index is 2.79. The van der Waals surface area contributed by atoms with E-state index in [1.54, 1.807) is 6.07 Å². The fraction of sp³-hybridized carbons (Fsp3) is 0.333. The van der Waals surface area contributed by atoms with E-state index < -0.39 is 18.2 Å². The first-order valence-electron chi connectivity index (χ1n) is 4.05. The minimum Gasteiger partial charge on any atom is -0.466 e. The Morgan fingerprint density at radius 1 is 1.33 bits per heavy atom. The van der Waals surface area contributed by atoms with Crippen LogP contribution < -0.4 is 0 Å². The van der Waals surface area contributed by atoms with Crippen LogP contribution in [-0.2, 0) is 19.0 Å². The third-order valence-corrected chi connectivity index (χ3v) is 1.60. The standard InChI is InChI=1S/C9H10O6/c1-12-8(10)7(15-9(11)13-2)6-4-3-5-14-6/h3-5,7H,1-2H3/t7-/m0/s1. The number of hydrogen-bond acceptors (Lipinski definition) is 6. The van der Waals surface area contributed by atoms with Gasteiger partial charge in [0.05, 0.1) is 20.5 Å². The smallest absolute Gasteiger partial charge is 0.466 e. The topological polar surface area (TPSA) is 75.0 Å². The van der Waals surface area contributed by atoms with Crippen molar-refractivity contribution < 1.29 is 28.2 Å². The Morgan fingerprint density at radius 3 is 2.53 bits per heavy atom. The fourth-order valence-corrected chi connectivity index (χ4v) is 0.914. The lowest BCUT2D eigenvalue weighted by Crippen LogP contribution is -2.20. The number of carbonyl (C=O) groups is 2. The summed E-state index contributed by atoms with van der Waals surface area (Å²) in [5, 5.41) is 0. The van der Waals surface area contributed by atoms with E-state index in [1.165, 1.54) is 19.4 Å². The number of methoxy groups -OCH3 is 2. The van der Waals surface area contributed by atoms with E-state index in [0.29, 0.717) is 0 Å². The summed E-state index contributed by atoms with van der Waals surface area (Å²) >= 11 is 0. The molecule has 0 aliphatic heterocycles. The summed E-state index contributed by atoms with van der Waals surface area (Å²) in [5.41, 5.74) is 0. The number of furan rings is 1. The molecule has 1 rings (SSSR count). The second-order valence-electron chi connectivity index (χ2n) is 2.49. The lowest BCUT2D eigenvalue weighted by molar-refractivity contribution is -0.153. The number of rotatable bonds is 3. The number of esters is 1. The molecular formula is C9H10O6. The van der Waals surface area contributed by atoms with Crippen molar-refractivity contribution in [2.75, 3.05) is 14.2 Å². The van der Waals surface area contributed by atoms with Crippen LogP contribution in [0.15, 0.2) is 22.8 Å². The van der Waals surface area contributed by atoms with E-state index in [2.05, 4.69) is 14.2 Å². The van der Waals surface area contributed by atoms with Crippen LogP contribution in [0.3, 0.4) is 0 Å². The molecule has 15 heavy (non-hydrogen) atoms. The predicted molar refractivity (Wildman–Crippen MR) is 47.0 cm³/mol. The Morgan fingerprint density at radius 2 is 2.07 bits per heavy atom. The molecule has 0 aliphatic rings. The van der Waals surface area contributed by atoms with Crippen molar-refractivity contribution in [2.45, 2.75) is 6.10 Å². The van der Waals surface area contributed by atoms with Gasteiger partial charge in [0.25, 0.3) is 6.10 Å². The third-order valence-electron chi connectivity index (χ3n) is 1.60. The highest BCUT2D eigenvalue weighted by Gasteiger charge is 2.28. The largest absolute Gasteiger partial charge is 0.509 e. The maximum Gasteiger partial charge on any atom is 0.509 e. The van der Waals surface area contributed by atoms with E-state index in [0.717, 1.165) is 7.11 Å². The highest BCUT2D eigenvalue weighted by atomic mass is 16.7. The molecule has 0 spiro atoms. The Hall–Kier alpha value is -1.98. The van der Waals surface area contributed by atoms with Gasteiger partial charge in [-0.05, 0) is 12.1 Å². The average Bonchev–Trinajstić information content (AvgIpc) is 2.77. The van der Waals surface area contributed by atoms with Crippen LogP contribution in [0.5, 0.6) is 0 Å². The summed E-state index contributed by atoms with van der Waals surface area (Å²) in [7, 11) is 2.32. The van der Waals surface area contributed by atoms with Crippen LogP contribution in [0, 0.1) is 0 Å². The van der Waals surface area contributed by atoms with Crippen LogP contribution >= 0.6 is 0 Å². The molecule has 0 unspecified atom stereocenters. The van der Waals surface area contributed by atoms with Gasteiger partial charge in [-0.3, -0.25) is 0 Å². The van der Waals surface area contributed by atoms with E-state index in [9.17, 15) is 9.59 Å². The quantitative estimate of drug-likeness (QED) is 0.705. The molecule has 0 aromatic carbocycles. The first-order valence-corrected chi connectivity index (χ1v) is 4.05. The van der Waals surface area contributed by atoms with Gasteiger partial charge in [0.2, 0.25) is 0 Å². The lowest BCUT2D eigenvalue weighted by Gasteiger charge is -2.11. The van der Waals surface area contributed by atoms with E-state index >= 15 is 0 Å². The lowest BCUT2D eigenvalue weighted by atomic mass is 10.3. The van der Waals surface area contributed by atoms with Crippen molar-refractivity contribution in [2.24, 2.45) is 0 Å². The molecule has 0 saturated heterocycles. The van der Waals surface area contributed by atoms with Gasteiger partial charge >= 0.3 is 12.1 Å². The van der Waals surface area contributed by atoms with E-state index in [4.69, 9.17) is 4.42 Å². The molecule has 0 amide bonds. The van der Waals surface area contributed by atoms with Crippen LogP contribution in [0.4, 0.5) is 4.79 Å². The number of ether oxygens (including phenoxy) is 3. The van der Waals surface area contributed by atoms with Crippen LogP contribution in [-0.4, -0.2) is 26.3 Å². The zero-order valence-electron chi connectivity index (χ0n) is 8.26. The molecule has 1 heterocycles. The van der Waals surface area contributed by atoms with Gasteiger partial charge < -0.3 is 18.6 Å². The molecule has 1 aromatic heterocycles.